The Balaban J connectivity index is 1.24. The number of nitriles is 1. The molecule has 58 heavy (non-hydrogen) atoms. The van der Waals surface area contributed by atoms with Crippen LogP contribution in [0, 0.1) is 11.3 Å². The summed E-state index contributed by atoms with van der Waals surface area (Å²) in [5.74, 6) is 1.81. The maximum absolute atomic E-state index is 10.0. The summed E-state index contributed by atoms with van der Waals surface area (Å²) >= 11 is 1.83. The van der Waals surface area contributed by atoms with E-state index in [0.29, 0.717) is 23.0 Å². The largest absolute Gasteiger partial charge is 0.208 e. The van der Waals surface area contributed by atoms with Gasteiger partial charge in [0, 0.05) is 26.5 Å². The fraction of sp³-hybridized carbons (Fsp3) is 0.0189. The van der Waals surface area contributed by atoms with Gasteiger partial charge in [-0.25, -0.2) is 15.0 Å². The molecule has 2 aliphatic rings. The molecule has 0 radical (unpaired) electrons. The van der Waals surface area contributed by atoms with Crippen LogP contribution in [0.5, 0.6) is 0 Å². The number of hydrogen-bond acceptors (Lipinski definition) is 5. The molecule has 5 heteroatoms. The van der Waals surface area contributed by atoms with Crippen LogP contribution in [0.1, 0.15) is 27.8 Å². The average Bonchev–Trinajstić information content (AvgIpc) is 3.60. The van der Waals surface area contributed by atoms with Crippen molar-refractivity contribution in [3.63, 3.8) is 0 Å². The molecule has 1 aromatic heterocycles. The van der Waals surface area contributed by atoms with Crippen LogP contribution in [0.4, 0.5) is 0 Å². The summed E-state index contributed by atoms with van der Waals surface area (Å²) in [6.07, 6.45) is 0. The Morgan fingerprint density at radius 3 is 1.55 bits per heavy atom. The molecule has 4 nitrogen and oxygen atoms in total. The van der Waals surface area contributed by atoms with Gasteiger partial charge >= 0.3 is 0 Å². The topological polar surface area (TPSA) is 62.5 Å². The minimum atomic E-state index is -0.621. The molecule has 0 fully saturated rings. The van der Waals surface area contributed by atoms with E-state index in [0.717, 1.165) is 50.1 Å². The van der Waals surface area contributed by atoms with E-state index in [1.165, 1.54) is 32.0 Å². The van der Waals surface area contributed by atoms with Crippen LogP contribution in [0.3, 0.4) is 0 Å². The fourth-order valence-electron chi connectivity index (χ4n) is 8.98. The summed E-state index contributed by atoms with van der Waals surface area (Å²) in [4.78, 5) is 18.3. The number of hydrogen-bond donors (Lipinski definition) is 0. The summed E-state index contributed by atoms with van der Waals surface area (Å²) < 4.78 is 0. The molecule has 11 rings (SSSR count). The molecule has 0 saturated carbocycles. The first-order chi connectivity index (χ1) is 28.7. The van der Waals surface area contributed by atoms with Gasteiger partial charge in [-0.05, 0) is 86.0 Å². The lowest BCUT2D eigenvalue weighted by atomic mass is 9.67. The molecule has 8 aromatic carbocycles. The molecule has 0 saturated heterocycles. The van der Waals surface area contributed by atoms with Crippen LogP contribution in [0.25, 0.3) is 67.5 Å². The highest BCUT2D eigenvalue weighted by molar-refractivity contribution is 7.99. The van der Waals surface area contributed by atoms with E-state index in [1.807, 2.05) is 54.2 Å². The monoisotopic (exact) mass is 756 g/mol. The van der Waals surface area contributed by atoms with Crippen molar-refractivity contribution >= 4 is 11.8 Å². The van der Waals surface area contributed by atoms with Gasteiger partial charge in [-0.1, -0.05) is 176 Å². The Morgan fingerprint density at radius 1 is 0.379 bits per heavy atom. The van der Waals surface area contributed by atoms with E-state index in [4.69, 9.17) is 15.0 Å². The first-order valence-corrected chi connectivity index (χ1v) is 20.1. The van der Waals surface area contributed by atoms with Crippen molar-refractivity contribution in [1.82, 2.24) is 15.0 Å². The smallest absolute Gasteiger partial charge is 0.164 e. The normalized spacial score (nSPS) is 12.9. The van der Waals surface area contributed by atoms with E-state index in [1.54, 1.807) is 0 Å². The third-order valence-electron chi connectivity index (χ3n) is 11.4. The molecule has 0 unspecified atom stereocenters. The summed E-state index contributed by atoms with van der Waals surface area (Å²) in [6.45, 7) is 0. The summed E-state index contributed by atoms with van der Waals surface area (Å²) in [7, 11) is 0. The molecule has 0 N–H and O–H groups in total. The Bertz CT molecular complexity index is 3070. The van der Waals surface area contributed by atoms with Gasteiger partial charge in [0.1, 0.15) is 0 Å². The van der Waals surface area contributed by atoms with E-state index in [-0.39, 0.29) is 0 Å². The summed E-state index contributed by atoms with van der Waals surface area (Å²) in [5, 5.41) is 10.0. The summed E-state index contributed by atoms with van der Waals surface area (Å²) in [6, 6.07) is 70.2. The maximum Gasteiger partial charge on any atom is 0.164 e. The highest BCUT2D eigenvalue weighted by atomic mass is 32.2. The fourth-order valence-corrected chi connectivity index (χ4v) is 10.2. The molecule has 2 heterocycles. The predicted octanol–water partition coefficient (Wildman–Crippen LogP) is 12.9. The average molecular weight is 757 g/mol. The third-order valence-corrected chi connectivity index (χ3v) is 12.6. The first kappa shape index (κ1) is 33.9. The summed E-state index contributed by atoms with van der Waals surface area (Å²) in [5.41, 5.74) is 14.1. The zero-order chi connectivity index (χ0) is 38.6. The number of aromatic nitrogens is 3. The van der Waals surface area contributed by atoms with Crippen LogP contribution >= 0.6 is 11.8 Å². The number of rotatable bonds is 5. The molecule has 1 aliphatic heterocycles. The number of benzene rings is 8. The molecule has 1 spiro atoms. The lowest BCUT2D eigenvalue weighted by molar-refractivity contribution is 0.722. The van der Waals surface area contributed by atoms with E-state index < -0.39 is 5.41 Å². The van der Waals surface area contributed by atoms with Gasteiger partial charge in [0.05, 0.1) is 17.0 Å². The van der Waals surface area contributed by atoms with Crippen molar-refractivity contribution in [3.05, 3.63) is 222 Å². The van der Waals surface area contributed by atoms with Crippen molar-refractivity contribution in [1.29, 1.82) is 5.26 Å². The van der Waals surface area contributed by atoms with E-state index in [2.05, 4.69) is 158 Å². The minimum absolute atomic E-state index is 0.598. The highest BCUT2D eigenvalue weighted by Crippen LogP contribution is 2.64. The SMILES string of the molecule is N#Cc1cccc(-c2cccc3c2-c2c(-c4nc(-c5ccccc5)nc(-c5cccc(-c6ccccc6)c5)n4)cccc2C32c3ccccc3Sc3ccccc32)c1. The van der Waals surface area contributed by atoms with Gasteiger partial charge in [0.25, 0.3) is 0 Å². The van der Waals surface area contributed by atoms with Crippen molar-refractivity contribution in [2.75, 3.05) is 0 Å². The number of fused-ring (bicyclic) bond motifs is 9. The first-order valence-electron chi connectivity index (χ1n) is 19.3. The molecular formula is C53H32N4S. The molecular weight excluding hydrogens is 725 g/mol. The lowest BCUT2D eigenvalue weighted by Gasteiger charge is -2.39. The molecule has 9 aromatic rings. The predicted molar refractivity (Wildman–Crippen MR) is 233 cm³/mol. The quantitative estimate of drug-likeness (QED) is 0.175. The van der Waals surface area contributed by atoms with Gasteiger partial charge < -0.3 is 0 Å². The Morgan fingerprint density at radius 2 is 0.862 bits per heavy atom. The highest BCUT2D eigenvalue weighted by Gasteiger charge is 2.51. The van der Waals surface area contributed by atoms with Gasteiger partial charge in [-0.3, -0.25) is 0 Å². The Hall–Kier alpha value is -7.39. The Kier molecular flexibility index (Phi) is 7.99. The zero-order valence-corrected chi connectivity index (χ0v) is 32.0. The van der Waals surface area contributed by atoms with Gasteiger partial charge in [-0.2, -0.15) is 5.26 Å². The van der Waals surface area contributed by atoms with Gasteiger partial charge in [0.15, 0.2) is 17.5 Å². The molecule has 0 bridgehead atoms. The van der Waals surface area contributed by atoms with Gasteiger partial charge in [0.2, 0.25) is 0 Å². The van der Waals surface area contributed by atoms with Gasteiger partial charge in [-0.15, -0.1) is 0 Å². The number of nitrogens with zero attached hydrogens (tertiary/aromatic N) is 4. The minimum Gasteiger partial charge on any atom is -0.208 e. The van der Waals surface area contributed by atoms with Crippen molar-refractivity contribution < 1.29 is 0 Å². The van der Waals surface area contributed by atoms with Crippen LogP contribution in [0.15, 0.2) is 204 Å². The Labute approximate surface area is 341 Å². The molecule has 0 amide bonds. The molecule has 0 atom stereocenters. The molecule has 1 aliphatic carbocycles. The zero-order valence-electron chi connectivity index (χ0n) is 31.2. The second-order valence-corrected chi connectivity index (χ2v) is 15.7. The van der Waals surface area contributed by atoms with Crippen LogP contribution < -0.4 is 0 Å². The lowest BCUT2D eigenvalue weighted by Crippen LogP contribution is -2.31. The third kappa shape index (κ3) is 5.27. The van der Waals surface area contributed by atoms with E-state index in [9.17, 15) is 5.26 Å². The molecule has 270 valence electrons. The standard InChI is InChI=1S/C53H32N4S/c54-33-34-15-11-21-38(31-34)40-23-13-27-44-48(40)49-41(24-14-28-45(49)53(44)42-25-7-9-29-46(42)58-47-30-10-8-26-43(47)53)52-56-50(36-18-5-2-6-19-36)55-51(57-52)39-22-12-20-37(32-39)35-16-3-1-4-17-35/h1-32H. The second-order valence-electron chi connectivity index (χ2n) is 14.6. The van der Waals surface area contributed by atoms with Crippen LogP contribution in [-0.2, 0) is 5.41 Å². The van der Waals surface area contributed by atoms with E-state index >= 15 is 0 Å². The second kappa shape index (κ2) is 13.7. The van der Waals surface area contributed by atoms with Crippen LogP contribution in [0.2, 0.25) is 0 Å². The van der Waals surface area contributed by atoms with Crippen LogP contribution in [-0.4, -0.2) is 15.0 Å². The maximum atomic E-state index is 10.0. The van der Waals surface area contributed by atoms with Crippen molar-refractivity contribution in [2.24, 2.45) is 0 Å². The van der Waals surface area contributed by atoms with Crippen molar-refractivity contribution in [2.45, 2.75) is 15.2 Å². The van der Waals surface area contributed by atoms with Crippen molar-refractivity contribution in [3.8, 4) is 73.6 Å².